The van der Waals surface area contributed by atoms with Crippen LogP contribution in [0.15, 0.2) is 30.3 Å². The van der Waals surface area contributed by atoms with Crippen LogP contribution < -0.4 is 0 Å². The Morgan fingerprint density at radius 3 is 2.56 bits per heavy atom. The number of carbonyl (C=O) groups excluding carboxylic acids is 1. The molecular formula is C14H14ClNO2. The van der Waals surface area contributed by atoms with Crippen LogP contribution in [0.25, 0.3) is 5.69 Å². The van der Waals surface area contributed by atoms with Gasteiger partial charge in [0, 0.05) is 11.4 Å². The number of hydrogen-bond acceptors (Lipinski definition) is 2. The van der Waals surface area contributed by atoms with Crippen molar-refractivity contribution in [2.75, 3.05) is 7.11 Å². The molecule has 94 valence electrons. The molecule has 2 aromatic rings. The molecule has 3 nitrogen and oxygen atoms in total. The van der Waals surface area contributed by atoms with Crippen molar-refractivity contribution in [1.82, 2.24) is 4.57 Å². The number of esters is 1. The highest BCUT2D eigenvalue weighted by Crippen LogP contribution is 2.26. The van der Waals surface area contributed by atoms with Crippen LogP contribution in [0.4, 0.5) is 0 Å². The summed E-state index contributed by atoms with van der Waals surface area (Å²) in [4.78, 5) is 11.6. The van der Waals surface area contributed by atoms with Crippen molar-refractivity contribution in [3.8, 4) is 5.69 Å². The van der Waals surface area contributed by atoms with Gasteiger partial charge in [0.05, 0.1) is 23.4 Å². The fourth-order valence-corrected chi connectivity index (χ4v) is 2.30. The van der Waals surface area contributed by atoms with E-state index in [2.05, 4.69) is 0 Å². The first-order valence-corrected chi connectivity index (χ1v) is 5.96. The third-order valence-corrected chi connectivity index (χ3v) is 3.25. The molecule has 0 aliphatic heterocycles. The molecule has 0 unspecified atom stereocenters. The van der Waals surface area contributed by atoms with Gasteiger partial charge < -0.3 is 9.30 Å². The topological polar surface area (TPSA) is 31.2 Å². The lowest BCUT2D eigenvalue weighted by Gasteiger charge is -2.11. The minimum absolute atomic E-state index is 0.332. The Bertz CT molecular complexity index is 602. The number of halogens is 1. The number of benzene rings is 1. The van der Waals surface area contributed by atoms with Crippen LogP contribution in [0.2, 0.25) is 5.02 Å². The van der Waals surface area contributed by atoms with E-state index in [1.54, 1.807) is 0 Å². The number of aromatic nitrogens is 1. The lowest BCUT2D eigenvalue weighted by atomic mass is 10.2. The standard InChI is InChI=1S/C14H14ClNO2/c1-9-8-11(14(17)18-3)10(2)16(9)13-7-5-4-6-12(13)15/h4-8H,1-3H3. The fourth-order valence-electron chi connectivity index (χ4n) is 2.08. The molecule has 0 spiro atoms. The maximum atomic E-state index is 11.6. The summed E-state index contributed by atoms with van der Waals surface area (Å²) < 4.78 is 6.72. The lowest BCUT2D eigenvalue weighted by Crippen LogP contribution is -2.05. The number of ether oxygens (including phenoxy) is 1. The zero-order chi connectivity index (χ0) is 13.3. The van der Waals surface area contributed by atoms with Gasteiger partial charge in [-0.05, 0) is 32.0 Å². The molecule has 0 atom stereocenters. The van der Waals surface area contributed by atoms with E-state index >= 15 is 0 Å². The molecule has 1 heterocycles. The number of aryl methyl sites for hydroxylation is 1. The molecule has 0 aliphatic carbocycles. The lowest BCUT2D eigenvalue weighted by molar-refractivity contribution is 0.0600. The summed E-state index contributed by atoms with van der Waals surface area (Å²) in [5.74, 6) is -0.332. The Balaban J connectivity index is 2.63. The molecule has 0 saturated heterocycles. The average Bonchev–Trinajstić information content (AvgIpc) is 2.65. The zero-order valence-corrected chi connectivity index (χ0v) is 11.3. The van der Waals surface area contributed by atoms with Crippen LogP contribution in [0.5, 0.6) is 0 Å². The van der Waals surface area contributed by atoms with Gasteiger partial charge in [-0.1, -0.05) is 23.7 Å². The van der Waals surface area contributed by atoms with E-state index in [1.807, 2.05) is 48.7 Å². The minimum Gasteiger partial charge on any atom is -0.465 e. The fraction of sp³-hybridized carbons (Fsp3) is 0.214. The Morgan fingerprint density at radius 1 is 1.28 bits per heavy atom. The summed E-state index contributed by atoms with van der Waals surface area (Å²) in [6, 6.07) is 9.35. The normalized spacial score (nSPS) is 10.4. The quantitative estimate of drug-likeness (QED) is 0.776. The molecule has 0 aliphatic rings. The number of methoxy groups -OCH3 is 1. The van der Waals surface area contributed by atoms with E-state index in [0.29, 0.717) is 10.6 Å². The van der Waals surface area contributed by atoms with Gasteiger partial charge in [-0.15, -0.1) is 0 Å². The Hall–Kier alpha value is -1.74. The number of para-hydroxylation sites is 1. The number of carbonyl (C=O) groups is 1. The largest absolute Gasteiger partial charge is 0.465 e. The van der Waals surface area contributed by atoms with E-state index in [0.717, 1.165) is 17.1 Å². The Morgan fingerprint density at radius 2 is 1.94 bits per heavy atom. The van der Waals surface area contributed by atoms with Crippen LogP contribution in [0, 0.1) is 13.8 Å². The molecule has 0 saturated carbocycles. The van der Waals surface area contributed by atoms with Gasteiger partial charge in [0.1, 0.15) is 0 Å². The van der Waals surface area contributed by atoms with E-state index in [4.69, 9.17) is 16.3 Å². The molecular weight excluding hydrogens is 250 g/mol. The van der Waals surface area contributed by atoms with Crippen LogP contribution in [0.3, 0.4) is 0 Å². The van der Waals surface area contributed by atoms with Gasteiger partial charge in [-0.3, -0.25) is 0 Å². The summed E-state index contributed by atoms with van der Waals surface area (Å²) in [5.41, 5.74) is 3.20. The van der Waals surface area contributed by atoms with Gasteiger partial charge in [0.15, 0.2) is 0 Å². The molecule has 4 heteroatoms. The van der Waals surface area contributed by atoms with Crippen molar-refractivity contribution in [2.45, 2.75) is 13.8 Å². The van der Waals surface area contributed by atoms with Crippen LogP contribution in [-0.2, 0) is 4.74 Å². The predicted molar refractivity (Wildman–Crippen MR) is 71.6 cm³/mol. The maximum absolute atomic E-state index is 11.6. The molecule has 0 bridgehead atoms. The Labute approximate surface area is 111 Å². The monoisotopic (exact) mass is 263 g/mol. The highest BCUT2D eigenvalue weighted by Gasteiger charge is 2.17. The number of rotatable bonds is 2. The van der Waals surface area contributed by atoms with E-state index < -0.39 is 0 Å². The zero-order valence-electron chi connectivity index (χ0n) is 10.5. The molecule has 0 fully saturated rings. The summed E-state index contributed by atoms with van der Waals surface area (Å²) in [6.07, 6.45) is 0. The van der Waals surface area contributed by atoms with Crippen LogP contribution >= 0.6 is 11.6 Å². The van der Waals surface area contributed by atoms with Crippen molar-refractivity contribution in [3.63, 3.8) is 0 Å². The van der Waals surface area contributed by atoms with Crippen molar-refractivity contribution in [1.29, 1.82) is 0 Å². The third kappa shape index (κ3) is 2.02. The second-order valence-corrected chi connectivity index (χ2v) is 4.47. The smallest absolute Gasteiger partial charge is 0.339 e. The van der Waals surface area contributed by atoms with Gasteiger partial charge in [0.2, 0.25) is 0 Å². The molecule has 1 aromatic heterocycles. The van der Waals surface area contributed by atoms with Crippen molar-refractivity contribution in [2.24, 2.45) is 0 Å². The summed E-state index contributed by atoms with van der Waals surface area (Å²) in [5, 5.41) is 0.649. The third-order valence-electron chi connectivity index (χ3n) is 2.93. The first-order valence-electron chi connectivity index (χ1n) is 5.58. The average molecular weight is 264 g/mol. The second kappa shape index (κ2) is 4.86. The molecule has 2 rings (SSSR count). The first-order chi connectivity index (χ1) is 8.56. The van der Waals surface area contributed by atoms with E-state index in [1.165, 1.54) is 7.11 Å². The van der Waals surface area contributed by atoms with Gasteiger partial charge in [-0.2, -0.15) is 0 Å². The molecule has 0 radical (unpaired) electrons. The summed E-state index contributed by atoms with van der Waals surface area (Å²) in [6.45, 7) is 3.81. The van der Waals surface area contributed by atoms with Gasteiger partial charge in [-0.25, -0.2) is 4.79 Å². The van der Waals surface area contributed by atoms with Crippen molar-refractivity contribution < 1.29 is 9.53 Å². The second-order valence-electron chi connectivity index (χ2n) is 4.06. The highest BCUT2D eigenvalue weighted by atomic mass is 35.5. The summed E-state index contributed by atoms with van der Waals surface area (Å²) in [7, 11) is 1.38. The molecule has 0 amide bonds. The maximum Gasteiger partial charge on any atom is 0.339 e. The first kappa shape index (κ1) is 12.7. The summed E-state index contributed by atoms with van der Waals surface area (Å²) >= 11 is 6.19. The van der Waals surface area contributed by atoms with E-state index in [9.17, 15) is 4.79 Å². The van der Waals surface area contributed by atoms with Crippen molar-refractivity contribution >= 4 is 17.6 Å². The highest BCUT2D eigenvalue weighted by molar-refractivity contribution is 6.32. The SMILES string of the molecule is COC(=O)c1cc(C)n(-c2ccccc2Cl)c1C. The van der Waals surface area contributed by atoms with E-state index in [-0.39, 0.29) is 5.97 Å². The molecule has 0 N–H and O–H groups in total. The van der Waals surface area contributed by atoms with Crippen LogP contribution in [0.1, 0.15) is 21.7 Å². The van der Waals surface area contributed by atoms with Crippen molar-refractivity contribution in [3.05, 3.63) is 52.3 Å². The number of hydrogen-bond donors (Lipinski definition) is 0. The van der Waals surface area contributed by atoms with Gasteiger partial charge in [0.25, 0.3) is 0 Å². The number of nitrogens with zero attached hydrogens (tertiary/aromatic N) is 1. The molecule has 1 aromatic carbocycles. The Kier molecular flexibility index (Phi) is 3.43. The van der Waals surface area contributed by atoms with Crippen LogP contribution in [-0.4, -0.2) is 17.6 Å². The predicted octanol–water partition coefficient (Wildman–Crippen LogP) is 3.53. The van der Waals surface area contributed by atoms with Gasteiger partial charge >= 0.3 is 5.97 Å². The minimum atomic E-state index is -0.332. The molecule has 18 heavy (non-hydrogen) atoms.